The van der Waals surface area contributed by atoms with Crippen LogP contribution in [0, 0.1) is 0 Å². The van der Waals surface area contributed by atoms with Crippen LogP contribution in [0.1, 0.15) is 22.8 Å². The highest BCUT2D eigenvalue weighted by Gasteiger charge is 2.22. The summed E-state index contributed by atoms with van der Waals surface area (Å²) in [6.07, 6.45) is 3.50. The number of rotatable bonds is 7. The molecule has 28 heavy (non-hydrogen) atoms. The van der Waals surface area contributed by atoms with E-state index in [-0.39, 0.29) is 18.9 Å². The molecule has 0 unspecified atom stereocenters. The lowest BCUT2D eigenvalue weighted by Gasteiger charge is -2.09. The van der Waals surface area contributed by atoms with E-state index in [0.29, 0.717) is 16.1 Å². The minimum atomic E-state index is -0.463. The second kappa shape index (κ2) is 9.14. The van der Waals surface area contributed by atoms with E-state index in [4.69, 9.17) is 9.47 Å². The van der Waals surface area contributed by atoms with Crippen LogP contribution in [0.3, 0.4) is 0 Å². The quantitative estimate of drug-likeness (QED) is 0.606. The van der Waals surface area contributed by atoms with Gasteiger partial charge in [0.1, 0.15) is 16.3 Å². The number of carbonyl (C=O) groups excluding carboxylic acids is 2. The number of pyridine rings is 1. The molecule has 0 aliphatic rings. The molecule has 0 spiro atoms. The fourth-order valence-electron chi connectivity index (χ4n) is 2.70. The number of amides is 1. The Labute approximate surface area is 167 Å². The summed E-state index contributed by atoms with van der Waals surface area (Å²) in [6.45, 7) is 2.00. The summed E-state index contributed by atoms with van der Waals surface area (Å²) in [5.74, 6) is 0.0585. The van der Waals surface area contributed by atoms with Gasteiger partial charge in [0.2, 0.25) is 5.91 Å². The van der Waals surface area contributed by atoms with Crippen LogP contribution < -0.4 is 10.1 Å². The molecular formula is C21H20N2O4S. The summed E-state index contributed by atoms with van der Waals surface area (Å²) in [4.78, 5) is 29.1. The summed E-state index contributed by atoms with van der Waals surface area (Å²) in [5.41, 5.74) is 2.76. The van der Waals surface area contributed by atoms with Crippen molar-refractivity contribution in [2.24, 2.45) is 0 Å². The molecule has 2 aromatic heterocycles. The van der Waals surface area contributed by atoms with Crippen molar-refractivity contribution in [1.82, 2.24) is 4.98 Å². The monoisotopic (exact) mass is 396 g/mol. The van der Waals surface area contributed by atoms with Gasteiger partial charge in [0.15, 0.2) is 0 Å². The SMILES string of the molecule is CCOC(=O)c1c(-c2ccncc2)csc1NC(=O)Cc1ccc(OC)cc1. The van der Waals surface area contributed by atoms with Gasteiger partial charge in [-0.15, -0.1) is 11.3 Å². The van der Waals surface area contributed by atoms with Crippen molar-refractivity contribution in [3.05, 3.63) is 65.3 Å². The third-order valence-corrected chi connectivity index (χ3v) is 4.93. The van der Waals surface area contributed by atoms with E-state index < -0.39 is 5.97 Å². The van der Waals surface area contributed by atoms with Crippen LogP contribution in [0.25, 0.3) is 11.1 Å². The lowest BCUT2D eigenvalue weighted by Crippen LogP contribution is -2.16. The van der Waals surface area contributed by atoms with Crippen molar-refractivity contribution in [2.45, 2.75) is 13.3 Å². The van der Waals surface area contributed by atoms with Crippen LogP contribution >= 0.6 is 11.3 Å². The number of esters is 1. The minimum Gasteiger partial charge on any atom is -0.497 e. The van der Waals surface area contributed by atoms with Crippen LogP contribution in [-0.4, -0.2) is 30.6 Å². The van der Waals surface area contributed by atoms with E-state index in [2.05, 4.69) is 10.3 Å². The molecule has 3 aromatic rings. The average molecular weight is 396 g/mol. The standard InChI is InChI=1S/C21H20N2O4S/c1-3-27-21(25)19-17(15-8-10-22-11-9-15)13-28-20(19)23-18(24)12-14-4-6-16(26-2)7-5-14/h4-11,13H,3,12H2,1-2H3,(H,23,24). The molecule has 0 atom stereocenters. The number of nitrogens with zero attached hydrogens (tertiary/aromatic N) is 1. The van der Waals surface area contributed by atoms with Crippen molar-refractivity contribution in [2.75, 3.05) is 19.0 Å². The molecule has 0 bridgehead atoms. The van der Waals surface area contributed by atoms with E-state index >= 15 is 0 Å². The van der Waals surface area contributed by atoms with E-state index in [1.165, 1.54) is 11.3 Å². The Bertz CT molecular complexity index is 952. The van der Waals surface area contributed by atoms with Gasteiger partial charge in [-0.3, -0.25) is 9.78 Å². The number of ether oxygens (including phenoxy) is 2. The predicted molar refractivity (Wildman–Crippen MR) is 109 cm³/mol. The van der Waals surface area contributed by atoms with Gasteiger partial charge in [-0.1, -0.05) is 12.1 Å². The normalized spacial score (nSPS) is 10.4. The molecule has 144 valence electrons. The van der Waals surface area contributed by atoms with Gasteiger partial charge in [-0.25, -0.2) is 4.79 Å². The van der Waals surface area contributed by atoms with Crippen LogP contribution in [-0.2, 0) is 16.0 Å². The Morgan fingerprint density at radius 3 is 2.46 bits per heavy atom. The van der Waals surface area contributed by atoms with Crippen molar-refractivity contribution in [3.8, 4) is 16.9 Å². The first-order valence-corrected chi connectivity index (χ1v) is 9.62. The zero-order valence-corrected chi connectivity index (χ0v) is 16.4. The highest BCUT2D eigenvalue weighted by Crippen LogP contribution is 2.36. The first-order chi connectivity index (χ1) is 13.6. The molecule has 1 aromatic carbocycles. The third kappa shape index (κ3) is 4.55. The Morgan fingerprint density at radius 2 is 1.82 bits per heavy atom. The third-order valence-electron chi connectivity index (χ3n) is 4.04. The highest BCUT2D eigenvalue weighted by molar-refractivity contribution is 7.15. The molecule has 0 aliphatic carbocycles. The van der Waals surface area contributed by atoms with Gasteiger partial charge in [0, 0.05) is 23.3 Å². The smallest absolute Gasteiger partial charge is 0.341 e. The number of anilines is 1. The zero-order valence-electron chi connectivity index (χ0n) is 15.6. The van der Waals surface area contributed by atoms with Crippen molar-refractivity contribution in [1.29, 1.82) is 0 Å². The fourth-order valence-corrected chi connectivity index (χ4v) is 3.67. The van der Waals surface area contributed by atoms with Gasteiger partial charge in [0.05, 0.1) is 20.1 Å². The summed E-state index contributed by atoms with van der Waals surface area (Å²) >= 11 is 1.30. The Balaban J connectivity index is 1.83. The first-order valence-electron chi connectivity index (χ1n) is 8.74. The number of carbonyl (C=O) groups is 2. The maximum Gasteiger partial charge on any atom is 0.341 e. The second-order valence-electron chi connectivity index (χ2n) is 5.88. The Morgan fingerprint density at radius 1 is 1.11 bits per heavy atom. The van der Waals surface area contributed by atoms with Gasteiger partial charge >= 0.3 is 5.97 Å². The Hall–Kier alpha value is -3.19. The van der Waals surface area contributed by atoms with Crippen LogP contribution in [0.5, 0.6) is 5.75 Å². The highest BCUT2D eigenvalue weighted by atomic mass is 32.1. The largest absolute Gasteiger partial charge is 0.497 e. The van der Waals surface area contributed by atoms with Gasteiger partial charge in [0.25, 0.3) is 0 Å². The number of nitrogens with one attached hydrogen (secondary N) is 1. The van der Waals surface area contributed by atoms with Crippen molar-refractivity contribution >= 4 is 28.2 Å². The summed E-state index contributed by atoms with van der Waals surface area (Å²) in [7, 11) is 1.59. The van der Waals surface area contributed by atoms with E-state index in [9.17, 15) is 9.59 Å². The molecule has 0 saturated heterocycles. The molecule has 0 radical (unpaired) electrons. The minimum absolute atomic E-state index is 0.189. The lowest BCUT2D eigenvalue weighted by molar-refractivity contribution is -0.115. The topological polar surface area (TPSA) is 77.5 Å². The van der Waals surface area contributed by atoms with E-state index in [1.807, 2.05) is 29.6 Å². The second-order valence-corrected chi connectivity index (χ2v) is 6.76. The lowest BCUT2D eigenvalue weighted by atomic mass is 10.1. The molecule has 3 rings (SSSR count). The number of methoxy groups -OCH3 is 1. The Kier molecular flexibility index (Phi) is 6.39. The maximum atomic E-state index is 12.5. The number of benzene rings is 1. The first kappa shape index (κ1) is 19.6. The van der Waals surface area contributed by atoms with E-state index in [0.717, 1.165) is 16.9 Å². The van der Waals surface area contributed by atoms with Crippen LogP contribution in [0.2, 0.25) is 0 Å². The number of aromatic nitrogens is 1. The van der Waals surface area contributed by atoms with Gasteiger partial charge in [-0.05, 0) is 42.3 Å². The zero-order chi connectivity index (χ0) is 19.9. The fraction of sp³-hybridized carbons (Fsp3) is 0.190. The predicted octanol–water partition coefficient (Wildman–Crippen LogP) is 4.18. The number of hydrogen-bond donors (Lipinski definition) is 1. The maximum absolute atomic E-state index is 12.5. The van der Waals surface area contributed by atoms with Gasteiger partial charge < -0.3 is 14.8 Å². The molecule has 6 nitrogen and oxygen atoms in total. The molecule has 0 aliphatic heterocycles. The van der Waals surface area contributed by atoms with Crippen LogP contribution in [0.15, 0.2) is 54.2 Å². The van der Waals surface area contributed by atoms with Crippen molar-refractivity contribution in [3.63, 3.8) is 0 Å². The van der Waals surface area contributed by atoms with Crippen LogP contribution in [0.4, 0.5) is 5.00 Å². The molecular weight excluding hydrogens is 376 g/mol. The molecule has 0 saturated carbocycles. The summed E-state index contributed by atoms with van der Waals surface area (Å²) in [5, 5.41) is 5.16. The number of thiophene rings is 1. The summed E-state index contributed by atoms with van der Waals surface area (Å²) in [6, 6.07) is 10.9. The number of hydrogen-bond acceptors (Lipinski definition) is 6. The molecule has 1 amide bonds. The van der Waals surface area contributed by atoms with E-state index in [1.54, 1.807) is 38.6 Å². The summed E-state index contributed by atoms with van der Waals surface area (Å²) < 4.78 is 10.3. The van der Waals surface area contributed by atoms with Crippen molar-refractivity contribution < 1.29 is 19.1 Å². The molecule has 2 heterocycles. The van der Waals surface area contributed by atoms with Gasteiger partial charge in [-0.2, -0.15) is 0 Å². The molecule has 1 N–H and O–H groups in total. The molecule has 7 heteroatoms. The molecule has 0 fully saturated rings. The average Bonchev–Trinajstić information content (AvgIpc) is 3.13.